The lowest BCUT2D eigenvalue weighted by Crippen LogP contribution is -2.49. The summed E-state index contributed by atoms with van der Waals surface area (Å²) in [4.78, 5) is 12.9. The SMILES string of the molecule is N#Cc1c(CCCNC(=O)C2(c3cccc(F)c3)CCC2)nn(-c2ccccc2)c1N. The Labute approximate surface area is 180 Å². The van der Waals surface area contributed by atoms with Crippen molar-refractivity contribution >= 4 is 11.7 Å². The molecule has 2 aromatic carbocycles. The van der Waals surface area contributed by atoms with Crippen molar-refractivity contribution in [1.82, 2.24) is 15.1 Å². The second-order valence-electron chi connectivity index (χ2n) is 7.87. The summed E-state index contributed by atoms with van der Waals surface area (Å²) >= 11 is 0. The van der Waals surface area contributed by atoms with E-state index >= 15 is 0 Å². The van der Waals surface area contributed by atoms with Crippen molar-refractivity contribution in [3.8, 4) is 11.8 Å². The minimum atomic E-state index is -0.640. The molecule has 3 N–H and O–H groups in total. The molecule has 0 radical (unpaired) electrons. The Balaban J connectivity index is 1.40. The van der Waals surface area contributed by atoms with E-state index in [1.807, 2.05) is 36.4 Å². The zero-order valence-electron chi connectivity index (χ0n) is 17.1. The predicted molar refractivity (Wildman–Crippen MR) is 116 cm³/mol. The second-order valence-corrected chi connectivity index (χ2v) is 7.87. The lowest BCUT2D eigenvalue weighted by Gasteiger charge is -2.40. The molecule has 1 aliphatic carbocycles. The Morgan fingerprint density at radius 2 is 2.00 bits per heavy atom. The maximum absolute atomic E-state index is 13.7. The number of aromatic nitrogens is 2. The van der Waals surface area contributed by atoms with E-state index in [2.05, 4.69) is 16.5 Å². The number of carbonyl (C=O) groups is 1. The van der Waals surface area contributed by atoms with Gasteiger partial charge in [-0.1, -0.05) is 36.8 Å². The van der Waals surface area contributed by atoms with Crippen molar-refractivity contribution in [1.29, 1.82) is 5.26 Å². The number of rotatable bonds is 7. The topological polar surface area (TPSA) is 96.7 Å². The summed E-state index contributed by atoms with van der Waals surface area (Å²) in [6, 6.07) is 17.9. The molecular formula is C24H24FN5O. The Bertz CT molecular complexity index is 1130. The van der Waals surface area contributed by atoms with Gasteiger partial charge in [0, 0.05) is 6.54 Å². The highest BCUT2D eigenvalue weighted by Crippen LogP contribution is 2.44. The van der Waals surface area contributed by atoms with Crippen LogP contribution in [0.15, 0.2) is 54.6 Å². The molecule has 1 aromatic heterocycles. The van der Waals surface area contributed by atoms with E-state index in [1.54, 1.807) is 10.7 Å². The smallest absolute Gasteiger partial charge is 0.230 e. The van der Waals surface area contributed by atoms with Crippen molar-refractivity contribution in [2.24, 2.45) is 0 Å². The van der Waals surface area contributed by atoms with E-state index < -0.39 is 5.41 Å². The van der Waals surface area contributed by atoms with Gasteiger partial charge in [0.25, 0.3) is 0 Å². The number of hydrogen-bond donors (Lipinski definition) is 2. The minimum absolute atomic E-state index is 0.0702. The molecule has 0 saturated heterocycles. The zero-order valence-corrected chi connectivity index (χ0v) is 17.1. The highest BCUT2D eigenvalue weighted by atomic mass is 19.1. The number of amides is 1. The molecule has 6 nitrogen and oxygen atoms in total. The number of nitriles is 1. The molecule has 1 heterocycles. The molecule has 7 heteroatoms. The molecular weight excluding hydrogens is 393 g/mol. The summed E-state index contributed by atoms with van der Waals surface area (Å²) in [7, 11) is 0. The Morgan fingerprint density at radius 3 is 2.65 bits per heavy atom. The minimum Gasteiger partial charge on any atom is -0.382 e. The van der Waals surface area contributed by atoms with Gasteiger partial charge in [-0.25, -0.2) is 9.07 Å². The van der Waals surface area contributed by atoms with E-state index in [9.17, 15) is 14.4 Å². The van der Waals surface area contributed by atoms with Crippen LogP contribution in [-0.4, -0.2) is 22.2 Å². The zero-order chi connectivity index (χ0) is 21.8. The first-order valence-corrected chi connectivity index (χ1v) is 10.4. The first kappa shape index (κ1) is 20.6. The summed E-state index contributed by atoms with van der Waals surface area (Å²) in [5, 5.41) is 17.0. The Morgan fingerprint density at radius 1 is 1.23 bits per heavy atom. The normalized spacial score (nSPS) is 14.5. The Kier molecular flexibility index (Phi) is 5.72. The van der Waals surface area contributed by atoms with Gasteiger partial charge in [-0.05, 0) is 55.5 Å². The summed E-state index contributed by atoms with van der Waals surface area (Å²) in [6.07, 6.45) is 3.52. The molecule has 31 heavy (non-hydrogen) atoms. The molecule has 0 atom stereocenters. The second kappa shape index (κ2) is 8.60. The van der Waals surface area contributed by atoms with Crippen LogP contribution >= 0.6 is 0 Å². The van der Waals surface area contributed by atoms with E-state index in [4.69, 9.17) is 5.73 Å². The third-order valence-electron chi connectivity index (χ3n) is 6.00. The van der Waals surface area contributed by atoms with Gasteiger partial charge < -0.3 is 11.1 Å². The molecule has 0 unspecified atom stereocenters. The monoisotopic (exact) mass is 417 g/mol. The molecule has 1 fully saturated rings. The van der Waals surface area contributed by atoms with Crippen LogP contribution in [0.2, 0.25) is 0 Å². The van der Waals surface area contributed by atoms with Crippen molar-refractivity contribution in [3.63, 3.8) is 0 Å². The Hall–Kier alpha value is -3.66. The summed E-state index contributed by atoms with van der Waals surface area (Å²) < 4.78 is 15.2. The average molecular weight is 417 g/mol. The van der Waals surface area contributed by atoms with Gasteiger partial charge in [0.05, 0.1) is 16.8 Å². The molecule has 158 valence electrons. The number of para-hydroxylation sites is 1. The summed E-state index contributed by atoms with van der Waals surface area (Å²) in [5.41, 5.74) is 8.00. The van der Waals surface area contributed by atoms with Crippen LogP contribution in [0.1, 0.15) is 42.5 Å². The molecule has 4 rings (SSSR count). The third-order valence-corrected chi connectivity index (χ3v) is 6.00. The van der Waals surface area contributed by atoms with Crippen LogP contribution in [0.4, 0.5) is 10.2 Å². The van der Waals surface area contributed by atoms with Gasteiger partial charge in [-0.2, -0.15) is 10.4 Å². The van der Waals surface area contributed by atoms with Crippen molar-refractivity contribution in [3.05, 3.63) is 77.2 Å². The molecule has 0 bridgehead atoms. The van der Waals surface area contributed by atoms with E-state index in [0.29, 0.717) is 36.5 Å². The van der Waals surface area contributed by atoms with Gasteiger partial charge in [-0.15, -0.1) is 0 Å². The largest absolute Gasteiger partial charge is 0.382 e. The lowest BCUT2D eigenvalue weighted by atomic mass is 9.64. The summed E-state index contributed by atoms with van der Waals surface area (Å²) in [6.45, 7) is 0.443. The maximum atomic E-state index is 13.7. The van der Waals surface area contributed by atoms with Crippen LogP contribution in [0.5, 0.6) is 0 Å². The van der Waals surface area contributed by atoms with Crippen molar-refractivity contribution in [2.45, 2.75) is 37.5 Å². The van der Waals surface area contributed by atoms with Crippen molar-refractivity contribution in [2.75, 3.05) is 12.3 Å². The number of nitrogens with two attached hydrogens (primary N) is 1. The number of anilines is 1. The molecule has 0 aliphatic heterocycles. The molecule has 0 spiro atoms. The first-order valence-electron chi connectivity index (χ1n) is 10.4. The number of nitrogens with zero attached hydrogens (tertiary/aromatic N) is 3. The number of aryl methyl sites for hydroxylation is 1. The van der Waals surface area contributed by atoms with Gasteiger partial charge in [0.1, 0.15) is 23.3 Å². The number of carbonyl (C=O) groups excluding carboxylic acids is 1. The third kappa shape index (κ3) is 3.89. The molecule has 1 aliphatic rings. The number of benzene rings is 2. The fraction of sp³-hybridized carbons (Fsp3) is 0.292. The number of hydrogen-bond acceptors (Lipinski definition) is 4. The van der Waals surface area contributed by atoms with Gasteiger partial charge in [0.2, 0.25) is 5.91 Å². The molecule has 3 aromatic rings. The van der Waals surface area contributed by atoms with Gasteiger partial charge in [0.15, 0.2) is 0 Å². The van der Waals surface area contributed by atoms with Crippen LogP contribution in [-0.2, 0) is 16.6 Å². The average Bonchev–Trinajstić information content (AvgIpc) is 3.06. The van der Waals surface area contributed by atoms with Crippen LogP contribution in [0.3, 0.4) is 0 Å². The van der Waals surface area contributed by atoms with Gasteiger partial charge in [-0.3, -0.25) is 4.79 Å². The maximum Gasteiger partial charge on any atom is 0.230 e. The van der Waals surface area contributed by atoms with Crippen LogP contribution < -0.4 is 11.1 Å². The fourth-order valence-electron chi connectivity index (χ4n) is 4.13. The quantitative estimate of drug-likeness (QED) is 0.574. The highest BCUT2D eigenvalue weighted by Gasteiger charge is 2.45. The standard InChI is InChI=1S/C24H24FN5O/c25-18-8-4-7-17(15-18)24(12-6-13-24)23(31)28-14-5-11-21-20(16-26)22(27)30(29-21)19-9-2-1-3-10-19/h1-4,7-10,15H,5-6,11-14,27H2,(H,28,31). The van der Waals surface area contributed by atoms with E-state index in [0.717, 1.165) is 30.5 Å². The number of nitrogen functional groups attached to an aromatic ring is 1. The van der Waals surface area contributed by atoms with Crippen molar-refractivity contribution < 1.29 is 9.18 Å². The first-order chi connectivity index (χ1) is 15.0. The van der Waals surface area contributed by atoms with Gasteiger partial charge >= 0.3 is 0 Å². The van der Waals surface area contributed by atoms with E-state index in [-0.39, 0.29) is 11.7 Å². The van der Waals surface area contributed by atoms with E-state index in [1.165, 1.54) is 12.1 Å². The lowest BCUT2D eigenvalue weighted by molar-refractivity contribution is -0.129. The molecule has 1 saturated carbocycles. The van der Waals surface area contributed by atoms with Crippen LogP contribution in [0.25, 0.3) is 5.69 Å². The molecule has 1 amide bonds. The highest BCUT2D eigenvalue weighted by molar-refractivity contribution is 5.89. The van der Waals surface area contributed by atoms with Crippen LogP contribution in [0, 0.1) is 17.1 Å². The summed E-state index contributed by atoms with van der Waals surface area (Å²) in [5.74, 6) is -0.0846. The number of nitrogens with one attached hydrogen (secondary N) is 1. The number of halogens is 1. The predicted octanol–water partition coefficient (Wildman–Crippen LogP) is 3.64. The fourth-order valence-corrected chi connectivity index (χ4v) is 4.13.